The summed E-state index contributed by atoms with van der Waals surface area (Å²) in [5, 5.41) is 3.94. The number of halogens is 2. The molecule has 1 saturated heterocycles. The van der Waals surface area contributed by atoms with Gasteiger partial charge in [0.1, 0.15) is 12.5 Å². The molecule has 2 aliphatic heterocycles. The Morgan fingerprint density at radius 1 is 1.16 bits per heavy atom. The van der Waals surface area contributed by atoms with Crippen LogP contribution < -0.4 is 10.9 Å². The van der Waals surface area contributed by atoms with Gasteiger partial charge in [-0.05, 0) is 29.8 Å². The Morgan fingerprint density at radius 2 is 1.96 bits per heavy atom. The van der Waals surface area contributed by atoms with Gasteiger partial charge in [0, 0.05) is 45.1 Å². The van der Waals surface area contributed by atoms with E-state index in [1.807, 2.05) is 27.1 Å². The number of piperazine rings is 1. The number of aromatic nitrogens is 1. The highest BCUT2D eigenvalue weighted by Crippen LogP contribution is 2.26. The zero-order valence-electron chi connectivity index (χ0n) is 13.8. The van der Waals surface area contributed by atoms with Crippen LogP contribution >= 0.6 is 11.6 Å². The van der Waals surface area contributed by atoms with Gasteiger partial charge >= 0.3 is 0 Å². The molecule has 8 heteroatoms. The van der Waals surface area contributed by atoms with Crippen LogP contribution in [0.4, 0.5) is 10.1 Å². The van der Waals surface area contributed by atoms with Crippen molar-refractivity contribution in [3.05, 3.63) is 52.6 Å². The summed E-state index contributed by atoms with van der Waals surface area (Å²) in [5.41, 5.74) is 3.07. The minimum Gasteiger partial charge on any atom is -0.296 e. The SMILES string of the molecule is NN1CCN(Cc2ccn3c2C=NCN3c2ccc(F)c(Cl)c2)CC1. The topological polar surface area (TPSA) is 53.0 Å². The van der Waals surface area contributed by atoms with Crippen molar-refractivity contribution < 1.29 is 4.39 Å². The maximum Gasteiger partial charge on any atom is 0.141 e. The fraction of sp³-hybridized carbons (Fsp3) is 0.353. The van der Waals surface area contributed by atoms with Crippen molar-refractivity contribution in [1.29, 1.82) is 0 Å². The summed E-state index contributed by atoms with van der Waals surface area (Å²) in [6.07, 6.45) is 3.92. The molecule has 0 bridgehead atoms. The minimum atomic E-state index is -0.418. The van der Waals surface area contributed by atoms with Crippen molar-refractivity contribution in [2.24, 2.45) is 10.8 Å². The largest absolute Gasteiger partial charge is 0.296 e. The molecule has 1 fully saturated rings. The van der Waals surface area contributed by atoms with Crippen molar-refractivity contribution in [3.8, 4) is 0 Å². The lowest BCUT2D eigenvalue weighted by atomic mass is 10.2. The first-order chi connectivity index (χ1) is 12.1. The number of aliphatic imine (C=N–C) groups is 1. The smallest absolute Gasteiger partial charge is 0.141 e. The maximum absolute atomic E-state index is 13.4. The third kappa shape index (κ3) is 3.28. The molecule has 1 aromatic carbocycles. The number of benzene rings is 1. The van der Waals surface area contributed by atoms with E-state index in [-0.39, 0.29) is 5.02 Å². The first-order valence-corrected chi connectivity index (χ1v) is 8.64. The third-order valence-corrected chi connectivity index (χ3v) is 4.97. The normalized spacial score (nSPS) is 18.6. The second kappa shape index (κ2) is 6.76. The van der Waals surface area contributed by atoms with Crippen LogP contribution in [0.5, 0.6) is 0 Å². The Hall–Kier alpha value is -1.93. The van der Waals surface area contributed by atoms with Crippen molar-refractivity contribution in [2.45, 2.75) is 6.54 Å². The molecular weight excluding hydrogens is 343 g/mol. The lowest BCUT2D eigenvalue weighted by Gasteiger charge is -2.32. The van der Waals surface area contributed by atoms with E-state index in [0.29, 0.717) is 6.67 Å². The van der Waals surface area contributed by atoms with Crippen LogP contribution in [0.3, 0.4) is 0 Å². The predicted octanol–water partition coefficient (Wildman–Crippen LogP) is 1.93. The van der Waals surface area contributed by atoms with Gasteiger partial charge in [0.25, 0.3) is 0 Å². The quantitative estimate of drug-likeness (QED) is 0.848. The van der Waals surface area contributed by atoms with Crippen molar-refractivity contribution in [1.82, 2.24) is 14.6 Å². The molecule has 2 aromatic rings. The van der Waals surface area contributed by atoms with Crippen LogP contribution in [0.2, 0.25) is 5.02 Å². The van der Waals surface area contributed by atoms with Crippen LogP contribution in [0, 0.1) is 5.82 Å². The molecule has 0 amide bonds. The van der Waals surface area contributed by atoms with E-state index in [2.05, 4.69) is 16.0 Å². The fourth-order valence-corrected chi connectivity index (χ4v) is 3.42. The van der Waals surface area contributed by atoms with E-state index < -0.39 is 5.82 Å². The summed E-state index contributed by atoms with van der Waals surface area (Å²) >= 11 is 5.94. The molecule has 2 N–H and O–H groups in total. The molecule has 2 aliphatic rings. The monoisotopic (exact) mass is 362 g/mol. The number of fused-ring (bicyclic) bond motifs is 1. The van der Waals surface area contributed by atoms with Crippen LogP contribution in [0.25, 0.3) is 0 Å². The van der Waals surface area contributed by atoms with Gasteiger partial charge in [0.05, 0.1) is 16.4 Å². The molecule has 0 aliphatic carbocycles. The van der Waals surface area contributed by atoms with Crippen molar-refractivity contribution in [3.63, 3.8) is 0 Å². The zero-order chi connectivity index (χ0) is 17.4. The third-order valence-electron chi connectivity index (χ3n) is 4.68. The molecule has 0 radical (unpaired) electrons. The van der Waals surface area contributed by atoms with Crippen LogP contribution in [0.15, 0.2) is 35.5 Å². The maximum atomic E-state index is 13.4. The van der Waals surface area contributed by atoms with Gasteiger partial charge < -0.3 is 0 Å². The average molecular weight is 363 g/mol. The average Bonchev–Trinajstić information content (AvgIpc) is 3.02. The second-order valence-electron chi connectivity index (χ2n) is 6.33. The Morgan fingerprint density at radius 3 is 2.72 bits per heavy atom. The summed E-state index contributed by atoms with van der Waals surface area (Å²) in [5.74, 6) is 5.41. The van der Waals surface area contributed by atoms with Gasteiger partial charge in [0.2, 0.25) is 0 Å². The van der Waals surface area contributed by atoms with Gasteiger partial charge in [-0.25, -0.2) is 9.40 Å². The highest BCUT2D eigenvalue weighted by atomic mass is 35.5. The lowest BCUT2D eigenvalue weighted by Crippen LogP contribution is -2.49. The van der Waals surface area contributed by atoms with Crippen molar-refractivity contribution in [2.75, 3.05) is 37.9 Å². The molecule has 6 nitrogen and oxygen atoms in total. The highest BCUT2D eigenvalue weighted by Gasteiger charge is 2.21. The molecule has 3 heterocycles. The standard InChI is InChI=1S/C17H20ClFN6/c18-15-9-14(1-2-16(15)19)25-12-21-10-17-13(3-4-24(17)25)11-22-5-7-23(20)8-6-22/h1-4,9-10H,5-8,11-12,20H2. The van der Waals surface area contributed by atoms with Gasteiger partial charge in [-0.2, -0.15) is 0 Å². The van der Waals surface area contributed by atoms with E-state index in [4.69, 9.17) is 17.4 Å². The summed E-state index contributed by atoms with van der Waals surface area (Å²) in [7, 11) is 0. The van der Waals surface area contributed by atoms with E-state index in [1.54, 1.807) is 12.1 Å². The highest BCUT2D eigenvalue weighted by molar-refractivity contribution is 6.31. The number of rotatable bonds is 3. The van der Waals surface area contributed by atoms with Crippen LogP contribution in [-0.2, 0) is 6.54 Å². The molecule has 4 rings (SSSR count). The van der Waals surface area contributed by atoms with Gasteiger partial charge in [-0.15, -0.1) is 0 Å². The first-order valence-electron chi connectivity index (χ1n) is 8.27. The van der Waals surface area contributed by atoms with Gasteiger partial charge in [0.15, 0.2) is 0 Å². The molecule has 0 spiro atoms. The van der Waals surface area contributed by atoms with Crippen LogP contribution in [0.1, 0.15) is 11.3 Å². The molecule has 0 saturated carbocycles. The Bertz CT molecular complexity index is 796. The summed E-state index contributed by atoms with van der Waals surface area (Å²) in [6.45, 7) is 4.99. The Labute approximate surface area is 150 Å². The molecule has 0 unspecified atom stereocenters. The first kappa shape index (κ1) is 16.5. The summed E-state index contributed by atoms with van der Waals surface area (Å²) < 4.78 is 15.5. The second-order valence-corrected chi connectivity index (χ2v) is 6.74. The summed E-state index contributed by atoms with van der Waals surface area (Å²) in [4.78, 5) is 6.85. The molecule has 0 atom stereocenters. The van der Waals surface area contributed by atoms with Crippen molar-refractivity contribution >= 4 is 23.5 Å². The van der Waals surface area contributed by atoms with Gasteiger partial charge in [-0.1, -0.05) is 11.6 Å². The Kier molecular flexibility index (Phi) is 4.47. The van der Waals surface area contributed by atoms with E-state index in [0.717, 1.165) is 44.1 Å². The number of hydrogen-bond acceptors (Lipinski definition) is 5. The fourth-order valence-electron chi connectivity index (χ4n) is 3.25. The van der Waals surface area contributed by atoms with E-state index in [1.165, 1.54) is 11.6 Å². The Balaban J connectivity index is 1.58. The molecule has 1 aromatic heterocycles. The zero-order valence-corrected chi connectivity index (χ0v) is 14.5. The number of nitrogens with two attached hydrogens (primary N) is 1. The van der Waals surface area contributed by atoms with E-state index >= 15 is 0 Å². The molecular formula is C17H20ClFN6. The molecule has 132 valence electrons. The van der Waals surface area contributed by atoms with E-state index in [9.17, 15) is 4.39 Å². The lowest BCUT2D eigenvalue weighted by molar-refractivity contribution is 0.128. The number of hydrogen-bond donors (Lipinski definition) is 1. The van der Waals surface area contributed by atoms with Crippen LogP contribution in [-0.4, -0.2) is 53.6 Å². The summed E-state index contributed by atoms with van der Waals surface area (Å²) in [6, 6.07) is 6.83. The predicted molar refractivity (Wildman–Crippen MR) is 97.2 cm³/mol. The number of anilines is 1. The number of hydrazine groups is 1. The number of nitrogens with zero attached hydrogens (tertiary/aromatic N) is 5. The minimum absolute atomic E-state index is 0.112. The van der Waals surface area contributed by atoms with Gasteiger partial charge in [-0.3, -0.25) is 25.4 Å². The molecule has 25 heavy (non-hydrogen) atoms.